The van der Waals surface area contributed by atoms with E-state index in [1.807, 2.05) is 0 Å². The fourth-order valence-electron chi connectivity index (χ4n) is 2.03. The molecule has 7 heteroatoms. The van der Waals surface area contributed by atoms with Crippen LogP contribution in [-0.4, -0.2) is 25.7 Å². The van der Waals surface area contributed by atoms with E-state index in [0.717, 1.165) is 0 Å². The number of anilines is 1. The third-order valence-corrected chi connectivity index (χ3v) is 3.75. The average molecular weight is 382 g/mol. The lowest BCUT2D eigenvalue weighted by molar-refractivity contribution is -0.118. The Hall–Kier alpha value is -2.28. The standard InChI is InChI=1S/C16H13BrFNO4/c17-12-7-14-15(22-6-5-21-14)8-13(12)19-16(20)9-23-11-3-1-10(18)2-4-11/h1-4,7-8H,5-6,9H2,(H,19,20). The highest BCUT2D eigenvalue weighted by Gasteiger charge is 2.16. The van der Waals surface area contributed by atoms with Gasteiger partial charge in [-0.15, -0.1) is 0 Å². The van der Waals surface area contributed by atoms with Gasteiger partial charge in [-0.05, 0) is 40.2 Å². The van der Waals surface area contributed by atoms with Crippen LogP contribution in [0.1, 0.15) is 0 Å². The van der Waals surface area contributed by atoms with Crippen molar-refractivity contribution in [3.63, 3.8) is 0 Å². The van der Waals surface area contributed by atoms with Gasteiger partial charge in [-0.1, -0.05) is 0 Å². The van der Waals surface area contributed by atoms with E-state index in [0.29, 0.717) is 40.6 Å². The predicted molar refractivity (Wildman–Crippen MR) is 85.7 cm³/mol. The number of rotatable bonds is 4. The van der Waals surface area contributed by atoms with E-state index in [4.69, 9.17) is 14.2 Å². The summed E-state index contributed by atoms with van der Waals surface area (Å²) in [4.78, 5) is 12.0. The second kappa shape index (κ2) is 6.87. The fourth-order valence-corrected chi connectivity index (χ4v) is 2.45. The van der Waals surface area contributed by atoms with Crippen LogP contribution in [-0.2, 0) is 4.79 Å². The molecule has 0 fully saturated rings. The zero-order valence-corrected chi connectivity index (χ0v) is 13.6. The Labute approximate surface area is 140 Å². The molecule has 2 aromatic rings. The maximum atomic E-state index is 12.8. The number of ether oxygens (including phenoxy) is 3. The Morgan fingerprint density at radius 3 is 2.52 bits per heavy atom. The Morgan fingerprint density at radius 1 is 1.17 bits per heavy atom. The molecule has 1 heterocycles. The molecule has 1 N–H and O–H groups in total. The Morgan fingerprint density at radius 2 is 1.83 bits per heavy atom. The molecule has 1 amide bonds. The quantitative estimate of drug-likeness (QED) is 0.881. The first-order valence-corrected chi connectivity index (χ1v) is 7.68. The van der Waals surface area contributed by atoms with E-state index in [-0.39, 0.29) is 18.3 Å². The monoisotopic (exact) mass is 381 g/mol. The number of carbonyl (C=O) groups is 1. The molecule has 2 aromatic carbocycles. The molecular formula is C16H13BrFNO4. The summed E-state index contributed by atoms with van der Waals surface area (Å²) in [5, 5.41) is 2.72. The summed E-state index contributed by atoms with van der Waals surface area (Å²) < 4.78 is 29.7. The lowest BCUT2D eigenvalue weighted by Crippen LogP contribution is -2.21. The van der Waals surface area contributed by atoms with Gasteiger partial charge >= 0.3 is 0 Å². The van der Waals surface area contributed by atoms with Gasteiger partial charge in [0.1, 0.15) is 24.8 Å². The van der Waals surface area contributed by atoms with Gasteiger partial charge in [0.2, 0.25) is 0 Å². The number of benzene rings is 2. The first kappa shape index (κ1) is 15.6. The predicted octanol–water partition coefficient (Wildman–Crippen LogP) is 3.38. The van der Waals surface area contributed by atoms with Gasteiger partial charge in [-0.25, -0.2) is 4.39 Å². The van der Waals surface area contributed by atoms with E-state index >= 15 is 0 Å². The second-order valence-electron chi connectivity index (χ2n) is 4.77. The van der Waals surface area contributed by atoms with Gasteiger partial charge in [0.05, 0.1) is 5.69 Å². The molecule has 0 aromatic heterocycles. The molecule has 0 spiro atoms. The van der Waals surface area contributed by atoms with Crippen LogP contribution in [0.4, 0.5) is 10.1 Å². The lowest BCUT2D eigenvalue weighted by atomic mass is 10.2. The van der Waals surface area contributed by atoms with E-state index in [1.165, 1.54) is 24.3 Å². The molecular weight excluding hydrogens is 369 g/mol. The summed E-state index contributed by atoms with van der Waals surface area (Å²) in [6.07, 6.45) is 0. The molecule has 0 radical (unpaired) electrons. The molecule has 0 saturated heterocycles. The molecule has 0 unspecified atom stereocenters. The Bertz CT molecular complexity index is 721. The van der Waals surface area contributed by atoms with E-state index in [9.17, 15) is 9.18 Å². The van der Waals surface area contributed by atoms with Gasteiger partial charge in [-0.2, -0.15) is 0 Å². The molecule has 120 valence electrons. The van der Waals surface area contributed by atoms with Crippen molar-refractivity contribution in [1.82, 2.24) is 0 Å². The van der Waals surface area contributed by atoms with Crippen LogP contribution in [0.3, 0.4) is 0 Å². The van der Waals surface area contributed by atoms with Gasteiger partial charge in [0.15, 0.2) is 18.1 Å². The van der Waals surface area contributed by atoms with Gasteiger partial charge < -0.3 is 19.5 Å². The van der Waals surface area contributed by atoms with E-state index in [2.05, 4.69) is 21.2 Å². The molecule has 5 nitrogen and oxygen atoms in total. The van der Waals surface area contributed by atoms with Crippen LogP contribution in [0.5, 0.6) is 17.2 Å². The minimum atomic E-state index is -0.359. The molecule has 1 aliphatic rings. The summed E-state index contributed by atoms with van der Waals surface area (Å²) in [7, 11) is 0. The van der Waals surface area contributed by atoms with Crippen LogP contribution < -0.4 is 19.5 Å². The summed E-state index contributed by atoms with van der Waals surface area (Å²) >= 11 is 3.38. The van der Waals surface area contributed by atoms with Crippen molar-refractivity contribution in [3.05, 3.63) is 46.7 Å². The number of carbonyl (C=O) groups excluding carboxylic acids is 1. The summed E-state index contributed by atoms with van der Waals surface area (Å²) in [6.45, 7) is 0.777. The number of amides is 1. The topological polar surface area (TPSA) is 56.8 Å². The molecule has 23 heavy (non-hydrogen) atoms. The van der Waals surface area contributed by atoms with Crippen molar-refractivity contribution < 1.29 is 23.4 Å². The van der Waals surface area contributed by atoms with E-state index in [1.54, 1.807) is 12.1 Å². The van der Waals surface area contributed by atoms with Crippen molar-refractivity contribution in [2.45, 2.75) is 0 Å². The highest BCUT2D eigenvalue weighted by molar-refractivity contribution is 9.10. The molecule has 1 aliphatic heterocycles. The van der Waals surface area contributed by atoms with Gasteiger partial charge in [0, 0.05) is 16.6 Å². The van der Waals surface area contributed by atoms with E-state index < -0.39 is 0 Å². The number of fused-ring (bicyclic) bond motifs is 1. The largest absolute Gasteiger partial charge is 0.486 e. The van der Waals surface area contributed by atoms with Gasteiger partial charge in [-0.3, -0.25) is 4.79 Å². The summed E-state index contributed by atoms with van der Waals surface area (Å²) in [5.41, 5.74) is 0.557. The number of halogens is 2. The lowest BCUT2D eigenvalue weighted by Gasteiger charge is -2.20. The molecule has 0 bridgehead atoms. The smallest absolute Gasteiger partial charge is 0.262 e. The van der Waals surface area contributed by atoms with Crippen LogP contribution >= 0.6 is 15.9 Å². The van der Waals surface area contributed by atoms with Crippen LogP contribution in [0.25, 0.3) is 0 Å². The molecule has 3 rings (SSSR count). The first-order chi connectivity index (χ1) is 11.1. The maximum Gasteiger partial charge on any atom is 0.262 e. The summed E-state index contributed by atoms with van der Waals surface area (Å²) in [6, 6.07) is 8.89. The third-order valence-electron chi connectivity index (χ3n) is 3.09. The highest BCUT2D eigenvalue weighted by atomic mass is 79.9. The minimum Gasteiger partial charge on any atom is -0.486 e. The minimum absolute atomic E-state index is 0.188. The third kappa shape index (κ3) is 3.92. The Balaban J connectivity index is 1.62. The average Bonchev–Trinajstić information content (AvgIpc) is 2.55. The first-order valence-electron chi connectivity index (χ1n) is 6.89. The van der Waals surface area contributed by atoms with Crippen molar-refractivity contribution in [2.75, 3.05) is 25.1 Å². The van der Waals surface area contributed by atoms with Crippen molar-refractivity contribution >= 4 is 27.5 Å². The summed E-state index contributed by atoms with van der Waals surface area (Å²) in [5.74, 6) is 0.925. The SMILES string of the molecule is O=C(COc1ccc(F)cc1)Nc1cc2c(cc1Br)OCCO2. The van der Waals surface area contributed by atoms with Crippen molar-refractivity contribution in [1.29, 1.82) is 0 Å². The molecule has 0 aliphatic carbocycles. The van der Waals surface area contributed by atoms with Crippen molar-refractivity contribution in [3.8, 4) is 17.2 Å². The molecule has 0 atom stereocenters. The zero-order chi connectivity index (χ0) is 16.2. The fraction of sp³-hybridized carbons (Fsp3) is 0.188. The van der Waals surface area contributed by atoms with Crippen LogP contribution in [0.2, 0.25) is 0 Å². The second-order valence-corrected chi connectivity index (χ2v) is 5.62. The normalized spacial score (nSPS) is 12.6. The number of hydrogen-bond acceptors (Lipinski definition) is 4. The maximum absolute atomic E-state index is 12.8. The number of hydrogen-bond donors (Lipinski definition) is 1. The Kier molecular flexibility index (Phi) is 4.66. The zero-order valence-electron chi connectivity index (χ0n) is 12.0. The van der Waals surface area contributed by atoms with Crippen LogP contribution in [0.15, 0.2) is 40.9 Å². The molecule has 0 saturated carbocycles. The van der Waals surface area contributed by atoms with Crippen molar-refractivity contribution in [2.24, 2.45) is 0 Å². The van der Waals surface area contributed by atoms with Gasteiger partial charge in [0.25, 0.3) is 5.91 Å². The van der Waals surface area contributed by atoms with Crippen LogP contribution in [0, 0.1) is 5.82 Å². The number of nitrogens with one attached hydrogen (secondary N) is 1. The highest BCUT2D eigenvalue weighted by Crippen LogP contribution is 2.38.